The first kappa shape index (κ1) is 17.3. The van der Waals surface area contributed by atoms with Gasteiger partial charge in [-0.15, -0.1) is 0 Å². The molecular formula is C21H25NO3. The molecule has 132 valence electrons. The molecule has 1 aliphatic rings. The van der Waals surface area contributed by atoms with Crippen molar-refractivity contribution in [3.63, 3.8) is 0 Å². The molecule has 0 bridgehead atoms. The van der Waals surface area contributed by atoms with Crippen molar-refractivity contribution in [2.24, 2.45) is 0 Å². The Morgan fingerprint density at radius 2 is 2.00 bits per heavy atom. The molecule has 0 spiro atoms. The molecule has 4 nitrogen and oxygen atoms in total. The predicted molar refractivity (Wildman–Crippen MR) is 99.3 cm³/mol. The Morgan fingerprint density at radius 1 is 1.16 bits per heavy atom. The van der Waals surface area contributed by atoms with Crippen molar-refractivity contribution in [2.45, 2.75) is 32.2 Å². The number of rotatable bonds is 5. The summed E-state index contributed by atoms with van der Waals surface area (Å²) in [6.45, 7) is 3.00. The third-order valence-corrected chi connectivity index (χ3v) is 4.94. The molecule has 1 amide bonds. The summed E-state index contributed by atoms with van der Waals surface area (Å²) in [5, 5.41) is 0. The van der Waals surface area contributed by atoms with Gasteiger partial charge in [0.15, 0.2) is 0 Å². The molecule has 2 aromatic carbocycles. The second kappa shape index (κ2) is 7.60. The van der Waals surface area contributed by atoms with E-state index in [-0.39, 0.29) is 5.91 Å². The number of nitrogens with zero attached hydrogens (tertiary/aromatic N) is 1. The van der Waals surface area contributed by atoms with Crippen LogP contribution in [-0.4, -0.2) is 37.6 Å². The van der Waals surface area contributed by atoms with Crippen LogP contribution in [0.25, 0.3) is 11.1 Å². The SMILES string of the molecule is CCC1CCCN1C(=O)c1cccc(-c2ccc(OC)cc2OC)c1. The van der Waals surface area contributed by atoms with Gasteiger partial charge in [-0.05, 0) is 49.1 Å². The highest BCUT2D eigenvalue weighted by Crippen LogP contribution is 2.34. The van der Waals surface area contributed by atoms with Gasteiger partial charge in [0.2, 0.25) is 0 Å². The van der Waals surface area contributed by atoms with Crippen LogP contribution in [0.1, 0.15) is 36.5 Å². The van der Waals surface area contributed by atoms with Crippen molar-refractivity contribution in [3.05, 3.63) is 48.0 Å². The minimum absolute atomic E-state index is 0.124. The third kappa shape index (κ3) is 3.48. The number of likely N-dealkylation sites (tertiary alicyclic amines) is 1. The van der Waals surface area contributed by atoms with E-state index in [1.807, 2.05) is 47.4 Å². The molecule has 0 aromatic heterocycles. The summed E-state index contributed by atoms with van der Waals surface area (Å²) >= 11 is 0. The first-order valence-corrected chi connectivity index (χ1v) is 8.81. The number of hydrogen-bond acceptors (Lipinski definition) is 3. The average Bonchev–Trinajstić information content (AvgIpc) is 3.15. The lowest BCUT2D eigenvalue weighted by molar-refractivity contribution is 0.0733. The molecule has 4 heteroatoms. The Hall–Kier alpha value is -2.49. The number of benzene rings is 2. The van der Waals surface area contributed by atoms with E-state index in [0.717, 1.165) is 54.0 Å². The van der Waals surface area contributed by atoms with Crippen LogP contribution in [-0.2, 0) is 0 Å². The summed E-state index contributed by atoms with van der Waals surface area (Å²) < 4.78 is 10.8. The fourth-order valence-electron chi connectivity index (χ4n) is 3.55. The summed E-state index contributed by atoms with van der Waals surface area (Å²) in [5.74, 6) is 1.60. The summed E-state index contributed by atoms with van der Waals surface area (Å²) in [6, 6.07) is 13.9. The van der Waals surface area contributed by atoms with Crippen molar-refractivity contribution in [1.82, 2.24) is 4.90 Å². The molecule has 0 saturated carbocycles. The minimum Gasteiger partial charge on any atom is -0.497 e. The smallest absolute Gasteiger partial charge is 0.254 e. The van der Waals surface area contributed by atoms with Gasteiger partial charge in [-0.2, -0.15) is 0 Å². The van der Waals surface area contributed by atoms with Gasteiger partial charge in [0.05, 0.1) is 14.2 Å². The molecule has 0 N–H and O–H groups in total. The van der Waals surface area contributed by atoms with Crippen LogP contribution in [0, 0.1) is 0 Å². The van der Waals surface area contributed by atoms with Crippen LogP contribution in [0.4, 0.5) is 0 Å². The Bertz CT molecular complexity index is 757. The zero-order chi connectivity index (χ0) is 17.8. The molecule has 1 unspecified atom stereocenters. The van der Waals surface area contributed by atoms with Gasteiger partial charge in [-0.25, -0.2) is 0 Å². The second-order valence-electron chi connectivity index (χ2n) is 6.35. The standard InChI is InChI=1S/C21H25NO3/c1-4-17-9-6-12-22(17)21(23)16-8-5-7-15(13-16)19-11-10-18(24-2)14-20(19)25-3/h5,7-8,10-11,13-14,17H,4,6,9,12H2,1-3H3. The molecule has 2 aromatic rings. The minimum atomic E-state index is 0.124. The van der Waals surface area contributed by atoms with Gasteiger partial charge in [-0.1, -0.05) is 19.1 Å². The third-order valence-electron chi connectivity index (χ3n) is 4.94. The van der Waals surface area contributed by atoms with E-state index in [9.17, 15) is 4.79 Å². The van der Waals surface area contributed by atoms with Crippen LogP contribution < -0.4 is 9.47 Å². The molecule has 1 atom stereocenters. The lowest BCUT2D eigenvalue weighted by atomic mass is 10.0. The quantitative estimate of drug-likeness (QED) is 0.811. The van der Waals surface area contributed by atoms with E-state index in [2.05, 4.69) is 6.92 Å². The normalized spacial score (nSPS) is 16.8. The highest BCUT2D eigenvalue weighted by molar-refractivity contribution is 5.96. The number of amides is 1. The first-order valence-electron chi connectivity index (χ1n) is 8.81. The Morgan fingerprint density at radius 3 is 2.72 bits per heavy atom. The highest BCUT2D eigenvalue weighted by atomic mass is 16.5. The Balaban J connectivity index is 1.93. The van der Waals surface area contributed by atoms with Crippen molar-refractivity contribution < 1.29 is 14.3 Å². The molecule has 0 radical (unpaired) electrons. The van der Waals surface area contributed by atoms with E-state index in [1.54, 1.807) is 14.2 Å². The van der Waals surface area contributed by atoms with Crippen LogP contribution in [0.2, 0.25) is 0 Å². The summed E-state index contributed by atoms with van der Waals surface area (Å²) in [5.41, 5.74) is 2.65. The van der Waals surface area contributed by atoms with Crippen molar-refractivity contribution >= 4 is 5.91 Å². The molecule has 1 fully saturated rings. The number of carbonyl (C=O) groups excluding carboxylic acids is 1. The second-order valence-corrected chi connectivity index (χ2v) is 6.35. The fraction of sp³-hybridized carbons (Fsp3) is 0.381. The summed E-state index contributed by atoms with van der Waals surface area (Å²) in [4.78, 5) is 14.9. The van der Waals surface area contributed by atoms with Gasteiger partial charge in [-0.3, -0.25) is 4.79 Å². The largest absolute Gasteiger partial charge is 0.497 e. The van der Waals surface area contributed by atoms with Gasteiger partial charge in [0.25, 0.3) is 5.91 Å². The maximum absolute atomic E-state index is 12.9. The maximum atomic E-state index is 12.9. The zero-order valence-corrected chi connectivity index (χ0v) is 15.1. The molecular weight excluding hydrogens is 314 g/mol. The van der Waals surface area contributed by atoms with E-state index < -0.39 is 0 Å². The topological polar surface area (TPSA) is 38.8 Å². The number of hydrogen-bond donors (Lipinski definition) is 0. The Kier molecular flexibility index (Phi) is 5.27. The first-order chi connectivity index (χ1) is 12.2. The lowest BCUT2D eigenvalue weighted by Crippen LogP contribution is -2.35. The van der Waals surface area contributed by atoms with E-state index in [0.29, 0.717) is 6.04 Å². The highest BCUT2D eigenvalue weighted by Gasteiger charge is 2.28. The zero-order valence-electron chi connectivity index (χ0n) is 15.1. The maximum Gasteiger partial charge on any atom is 0.254 e. The molecule has 25 heavy (non-hydrogen) atoms. The van der Waals surface area contributed by atoms with Crippen LogP contribution >= 0.6 is 0 Å². The van der Waals surface area contributed by atoms with E-state index >= 15 is 0 Å². The lowest BCUT2D eigenvalue weighted by Gasteiger charge is -2.24. The molecule has 1 saturated heterocycles. The van der Waals surface area contributed by atoms with Gasteiger partial charge in [0, 0.05) is 29.8 Å². The summed E-state index contributed by atoms with van der Waals surface area (Å²) in [7, 11) is 3.28. The van der Waals surface area contributed by atoms with Crippen LogP contribution in [0.5, 0.6) is 11.5 Å². The number of carbonyl (C=O) groups is 1. The van der Waals surface area contributed by atoms with Crippen LogP contribution in [0.15, 0.2) is 42.5 Å². The molecule has 0 aliphatic carbocycles. The van der Waals surface area contributed by atoms with Gasteiger partial charge < -0.3 is 14.4 Å². The average molecular weight is 339 g/mol. The summed E-state index contributed by atoms with van der Waals surface area (Å²) in [6.07, 6.45) is 3.21. The van der Waals surface area contributed by atoms with Gasteiger partial charge >= 0.3 is 0 Å². The molecule has 1 heterocycles. The van der Waals surface area contributed by atoms with Crippen LogP contribution in [0.3, 0.4) is 0 Å². The number of ether oxygens (including phenoxy) is 2. The van der Waals surface area contributed by atoms with E-state index in [1.165, 1.54) is 0 Å². The fourth-order valence-corrected chi connectivity index (χ4v) is 3.55. The van der Waals surface area contributed by atoms with Gasteiger partial charge in [0.1, 0.15) is 11.5 Å². The predicted octanol–water partition coefficient (Wildman–Crippen LogP) is 4.39. The van der Waals surface area contributed by atoms with Crippen molar-refractivity contribution in [2.75, 3.05) is 20.8 Å². The monoisotopic (exact) mass is 339 g/mol. The van der Waals surface area contributed by atoms with E-state index in [4.69, 9.17) is 9.47 Å². The van der Waals surface area contributed by atoms with Crippen molar-refractivity contribution in [1.29, 1.82) is 0 Å². The number of methoxy groups -OCH3 is 2. The van der Waals surface area contributed by atoms with Crippen molar-refractivity contribution in [3.8, 4) is 22.6 Å². The Labute approximate surface area is 149 Å². The molecule has 3 rings (SSSR count). The molecule has 1 aliphatic heterocycles.